The largest absolute Gasteiger partial charge is 0.511 e. The van der Waals surface area contributed by atoms with Crippen molar-refractivity contribution >= 4 is 24.2 Å². The molecule has 10 heteroatoms. The normalized spacial score (nSPS) is 9.47. The van der Waals surface area contributed by atoms with E-state index in [1.165, 1.54) is 0 Å². The van der Waals surface area contributed by atoms with Gasteiger partial charge in [0.1, 0.15) is 5.75 Å². The molecule has 0 atom stereocenters. The number of ether oxygens (including phenoxy) is 3. The van der Waals surface area contributed by atoms with E-state index in [9.17, 15) is 14.4 Å². The van der Waals surface area contributed by atoms with E-state index >= 15 is 0 Å². The Bertz CT molecular complexity index is 539. The molecule has 0 aliphatic heterocycles. The van der Waals surface area contributed by atoms with E-state index in [0.717, 1.165) is 12.1 Å². The van der Waals surface area contributed by atoms with Gasteiger partial charge in [0.05, 0.1) is 5.69 Å². The Balaban J connectivity index is 3.24. The zero-order valence-electron chi connectivity index (χ0n) is 9.02. The van der Waals surface area contributed by atoms with Crippen molar-refractivity contribution in [1.29, 1.82) is 0 Å². The molecular weight excluding hydrogens is 266 g/mol. The molecule has 0 saturated carbocycles. The van der Waals surface area contributed by atoms with Crippen LogP contribution in [-0.4, -0.2) is 33.8 Å². The first kappa shape index (κ1) is 13.9. The summed E-state index contributed by atoms with van der Waals surface area (Å²) in [7, 11) is 0. The minimum Gasteiger partial charge on any atom is -0.449 e. The molecule has 1 aromatic carbocycles. The summed E-state index contributed by atoms with van der Waals surface area (Å²) < 4.78 is 12.7. The summed E-state index contributed by atoms with van der Waals surface area (Å²) in [5.74, 6) is -1.57. The monoisotopic (exact) mass is 273 g/mol. The van der Waals surface area contributed by atoms with Crippen molar-refractivity contribution < 1.29 is 43.9 Å². The first-order valence-corrected chi connectivity index (χ1v) is 4.45. The van der Waals surface area contributed by atoms with Crippen LogP contribution in [0.15, 0.2) is 12.1 Å². The highest BCUT2D eigenvalue weighted by molar-refractivity contribution is 5.75. The zero-order valence-corrected chi connectivity index (χ0v) is 9.02. The molecule has 0 unspecified atom stereocenters. The maximum absolute atomic E-state index is 10.4. The summed E-state index contributed by atoms with van der Waals surface area (Å²) >= 11 is 0. The highest BCUT2D eigenvalue weighted by Crippen LogP contribution is 2.38. The van der Waals surface area contributed by atoms with Crippen LogP contribution in [0, 0.1) is 0 Å². The summed E-state index contributed by atoms with van der Waals surface area (Å²) in [5.41, 5.74) is 5.01. The number of nitrogen functional groups attached to an aromatic ring is 1. The van der Waals surface area contributed by atoms with Crippen LogP contribution in [0.3, 0.4) is 0 Å². The molecule has 0 saturated heterocycles. The standard InChI is InChI=1S/C9H7NO9/c10-4-1-3(17-7(11)12)2-5(18-8(13)14)6(4)19-9(15)16/h1-2H,10H2,(H,11,12)(H,13,14)(H,15,16). The smallest absolute Gasteiger partial charge is 0.449 e. The minimum atomic E-state index is -1.78. The summed E-state index contributed by atoms with van der Waals surface area (Å²) in [6.07, 6.45) is -5.21. The van der Waals surface area contributed by atoms with Crippen LogP contribution in [0.25, 0.3) is 0 Å². The van der Waals surface area contributed by atoms with Crippen LogP contribution in [0.4, 0.5) is 20.1 Å². The van der Waals surface area contributed by atoms with E-state index in [-0.39, 0.29) is 11.4 Å². The van der Waals surface area contributed by atoms with E-state index in [4.69, 9.17) is 21.1 Å². The summed E-state index contributed by atoms with van der Waals surface area (Å²) in [4.78, 5) is 31.2. The first-order valence-electron chi connectivity index (χ1n) is 4.45. The molecule has 0 aliphatic carbocycles. The van der Waals surface area contributed by atoms with E-state index in [1.54, 1.807) is 0 Å². The van der Waals surface area contributed by atoms with Crippen molar-refractivity contribution in [1.82, 2.24) is 0 Å². The van der Waals surface area contributed by atoms with E-state index in [1.807, 2.05) is 0 Å². The van der Waals surface area contributed by atoms with E-state index < -0.39 is 30.0 Å². The number of hydrogen-bond acceptors (Lipinski definition) is 7. The molecule has 0 fully saturated rings. The van der Waals surface area contributed by atoms with Gasteiger partial charge in [-0.05, 0) is 0 Å². The van der Waals surface area contributed by atoms with Gasteiger partial charge in [0, 0.05) is 12.1 Å². The number of benzene rings is 1. The lowest BCUT2D eigenvalue weighted by atomic mass is 10.2. The zero-order chi connectivity index (χ0) is 14.6. The van der Waals surface area contributed by atoms with E-state index in [2.05, 4.69) is 14.2 Å². The molecule has 0 heterocycles. The Labute approximate surface area is 104 Å². The number of anilines is 1. The SMILES string of the molecule is Nc1cc(OC(=O)O)cc(OC(=O)O)c1OC(=O)O. The van der Waals surface area contributed by atoms with Crippen molar-refractivity contribution in [3.05, 3.63) is 12.1 Å². The average molecular weight is 273 g/mol. The Morgan fingerprint density at radius 3 is 1.89 bits per heavy atom. The second-order valence-corrected chi connectivity index (χ2v) is 2.94. The second kappa shape index (κ2) is 5.44. The van der Waals surface area contributed by atoms with Gasteiger partial charge in [-0.15, -0.1) is 0 Å². The van der Waals surface area contributed by atoms with Crippen LogP contribution in [-0.2, 0) is 0 Å². The average Bonchev–Trinajstić information content (AvgIpc) is 2.21. The van der Waals surface area contributed by atoms with Gasteiger partial charge in [0.2, 0.25) is 0 Å². The molecule has 0 bridgehead atoms. The molecule has 0 radical (unpaired) electrons. The Morgan fingerprint density at radius 1 is 0.895 bits per heavy atom. The number of hydrogen-bond donors (Lipinski definition) is 4. The predicted octanol–water partition coefficient (Wildman–Crippen LogP) is 1.44. The maximum atomic E-state index is 10.4. The maximum Gasteiger partial charge on any atom is 0.511 e. The highest BCUT2D eigenvalue weighted by Gasteiger charge is 2.19. The van der Waals surface area contributed by atoms with E-state index in [0.29, 0.717) is 0 Å². The molecule has 0 spiro atoms. The fraction of sp³-hybridized carbons (Fsp3) is 0. The molecule has 1 rings (SSSR count). The lowest BCUT2D eigenvalue weighted by molar-refractivity contribution is 0.132. The van der Waals surface area contributed by atoms with Crippen LogP contribution in [0.2, 0.25) is 0 Å². The van der Waals surface area contributed by atoms with Crippen molar-refractivity contribution in [3.63, 3.8) is 0 Å². The number of carboxylic acid groups (broad SMARTS) is 3. The third kappa shape index (κ3) is 3.96. The van der Waals surface area contributed by atoms with Gasteiger partial charge in [0.15, 0.2) is 11.5 Å². The quantitative estimate of drug-likeness (QED) is 0.359. The highest BCUT2D eigenvalue weighted by atomic mass is 16.7. The molecule has 0 amide bonds. The predicted molar refractivity (Wildman–Crippen MR) is 56.8 cm³/mol. The topological polar surface area (TPSA) is 166 Å². The molecule has 0 aromatic heterocycles. The van der Waals surface area contributed by atoms with Gasteiger partial charge >= 0.3 is 18.5 Å². The Hall–Kier alpha value is -3.17. The van der Waals surface area contributed by atoms with Crippen LogP contribution in [0.5, 0.6) is 17.2 Å². The molecule has 10 nitrogen and oxygen atoms in total. The number of carbonyl (C=O) groups is 3. The van der Waals surface area contributed by atoms with Gasteiger partial charge in [0.25, 0.3) is 0 Å². The molecule has 102 valence electrons. The van der Waals surface area contributed by atoms with Crippen molar-refractivity contribution in [3.8, 4) is 17.2 Å². The van der Waals surface area contributed by atoms with Crippen molar-refractivity contribution in [2.24, 2.45) is 0 Å². The third-order valence-corrected chi connectivity index (χ3v) is 1.65. The van der Waals surface area contributed by atoms with Gasteiger partial charge in [-0.1, -0.05) is 0 Å². The van der Waals surface area contributed by atoms with Crippen molar-refractivity contribution in [2.45, 2.75) is 0 Å². The Morgan fingerprint density at radius 2 is 1.42 bits per heavy atom. The van der Waals surface area contributed by atoms with Gasteiger partial charge < -0.3 is 35.3 Å². The molecule has 19 heavy (non-hydrogen) atoms. The Kier molecular flexibility index (Phi) is 3.98. The van der Waals surface area contributed by atoms with Gasteiger partial charge in [-0.25, -0.2) is 14.4 Å². The summed E-state index contributed by atoms with van der Waals surface area (Å²) in [6.45, 7) is 0. The van der Waals surface area contributed by atoms with Crippen LogP contribution >= 0.6 is 0 Å². The van der Waals surface area contributed by atoms with Crippen LogP contribution < -0.4 is 19.9 Å². The first-order chi connectivity index (χ1) is 8.79. The lowest BCUT2D eigenvalue weighted by Crippen LogP contribution is -2.11. The number of nitrogens with two attached hydrogens (primary N) is 1. The molecular formula is C9H7NO9. The van der Waals surface area contributed by atoms with Crippen LogP contribution in [0.1, 0.15) is 0 Å². The summed E-state index contributed by atoms with van der Waals surface area (Å²) in [6, 6.07) is 1.73. The lowest BCUT2D eigenvalue weighted by Gasteiger charge is -2.11. The third-order valence-electron chi connectivity index (χ3n) is 1.65. The second-order valence-electron chi connectivity index (χ2n) is 2.94. The minimum absolute atomic E-state index is 0.362. The molecule has 0 aliphatic rings. The molecule has 5 N–H and O–H groups in total. The van der Waals surface area contributed by atoms with Gasteiger partial charge in [-0.3, -0.25) is 0 Å². The fourth-order valence-electron chi connectivity index (χ4n) is 1.12. The summed E-state index contributed by atoms with van der Waals surface area (Å²) in [5, 5.41) is 25.3. The van der Waals surface area contributed by atoms with Crippen molar-refractivity contribution in [2.75, 3.05) is 5.73 Å². The number of rotatable bonds is 3. The molecule has 1 aromatic rings. The van der Waals surface area contributed by atoms with Gasteiger partial charge in [-0.2, -0.15) is 0 Å². The fourth-order valence-corrected chi connectivity index (χ4v) is 1.12.